The molecule has 3 aliphatic heterocycles. The zero-order valence-electron chi connectivity index (χ0n) is 21.0. The number of nitrogens with one attached hydrogen (secondary N) is 2. The first-order chi connectivity index (χ1) is 17.7. The van der Waals surface area contributed by atoms with E-state index in [9.17, 15) is 19.1 Å². The predicted octanol–water partition coefficient (Wildman–Crippen LogP) is 2.07. The van der Waals surface area contributed by atoms with Gasteiger partial charge in [-0.3, -0.25) is 14.7 Å². The summed E-state index contributed by atoms with van der Waals surface area (Å²) in [6.45, 7) is 6.60. The Balaban J connectivity index is 1.57. The molecule has 0 aliphatic carbocycles. The van der Waals surface area contributed by atoms with Crippen molar-refractivity contribution in [3.8, 4) is 0 Å². The highest BCUT2D eigenvalue weighted by atomic mass is 32.1. The maximum absolute atomic E-state index is 14.6. The Morgan fingerprint density at radius 1 is 1.41 bits per heavy atom. The Morgan fingerprint density at radius 3 is 2.95 bits per heavy atom. The molecule has 0 radical (unpaired) electrons. The molecule has 3 aliphatic rings. The number of aliphatic imine (C=N–C) groups is 1. The van der Waals surface area contributed by atoms with Crippen LogP contribution in [0.2, 0.25) is 0 Å². The topological polar surface area (TPSA) is 116 Å². The van der Waals surface area contributed by atoms with Gasteiger partial charge in [0.2, 0.25) is 5.91 Å². The molecular weight excluding hydrogens is 497 g/mol. The van der Waals surface area contributed by atoms with Crippen molar-refractivity contribution in [3.05, 3.63) is 63.0 Å². The second-order valence-corrected chi connectivity index (χ2v) is 10.8. The van der Waals surface area contributed by atoms with Crippen LogP contribution in [0.3, 0.4) is 0 Å². The number of thiazole rings is 1. The van der Waals surface area contributed by atoms with Crippen LogP contribution in [0.4, 0.5) is 4.39 Å². The average Bonchev–Trinajstić information content (AvgIpc) is 3.48. The highest BCUT2D eigenvalue weighted by molar-refractivity contribution is 7.11. The molecule has 2 saturated heterocycles. The maximum atomic E-state index is 14.6. The number of benzene rings is 1. The summed E-state index contributed by atoms with van der Waals surface area (Å²) in [7, 11) is 0. The second-order valence-electron chi connectivity index (χ2n) is 9.92. The van der Waals surface area contributed by atoms with Crippen LogP contribution >= 0.6 is 11.3 Å². The Morgan fingerprint density at radius 2 is 2.22 bits per heavy atom. The van der Waals surface area contributed by atoms with Gasteiger partial charge in [-0.25, -0.2) is 14.2 Å². The molecule has 2 aromatic rings. The Labute approximate surface area is 218 Å². The van der Waals surface area contributed by atoms with Crippen LogP contribution in [0.1, 0.15) is 42.4 Å². The van der Waals surface area contributed by atoms with Crippen LogP contribution in [-0.2, 0) is 14.3 Å². The molecule has 4 heterocycles. The summed E-state index contributed by atoms with van der Waals surface area (Å²) >= 11 is 1.40. The molecule has 0 unspecified atom stereocenters. The van der Waals surface area contributed by atoms with E-state index in [1.807, 2.05) is 10.3 Å². The molecule has 196 valence electrons. The van der Waals surface area contributed by atoms with Crippen LogP contribution in [-0.4, -0.2) is 71.1 Å². The van der Waals surface area contributed by atoms with E-state index in [2.05, 4.69) is 15.6 Å². The Kier molecular flexibility index (Phi) is 6.63. The van der Waals surface area contributed by atoms with Crippen molar-refractivity contribution in [1.29, 1.82) is 0 Å². The third kappa shape index (κ3) is 4.34. The van der Waals surface area contributed by atoms with Gasteiger partial charge in [-0.05, 0) is 50.9 Å². The number of nitrogens with zero attached hydrogens (tertiary/aromatic N) is 3. The number of piperidine rings is 1. The number of β-amino-alcohol motifs (C(OH)–C–C–N with tert-alkyl or cyclic N) is 1. The summed E-state index contributed by atoms with van der Waals surface area (Å²) in [6, 6.07) is 3.94. The standard InChI is InChI=1S/C26H30FN5O4S/c1-4-36-23(33)19-18(12-32-10-8-25(3)24(34)29-13-26(25,35)14-32)30-21(22-28-9-11-37-22)31-20(19)16-6-5-7-17(27)15(16)2/h5-7,9,11,20,35H,4,8,10,12-14H2,1-3H3,(H,29,34)(H,30,31)/t20-,25-,26+/m0/s1. The Bertz CT molecular complexity index is 1300. The summed E-state index contributed by atoms with van der Waals surface area (Å²) in [5.41, 5.74) is -0.292. The van der Waals surface area contributed by atoms with E-state index in [0.717, 1.165) is 0 Å². The number of ether oxygens (including phenoxy) is 1. The van der Waals surface area contributed by atoms with Crippen LogP contribution < -0.4 is 10.6 Å². The number of likely N-dealkylation sites (tertiary alicyclic amines) is 1. The number of esters is 1. The molecule has 1 amide bonds. The zero-order chi connectivity index (χ0) is 26.4. The van der Waals surface area contributed by atoms with E-state index < -0.39 is 23.0 Å². The van der Waals surface area contributed by atoms with Gasteiger partial charge in [0.15, 0.2) is 10.8 Å². The average molecular weight is 528 g/mol. The van der Waals surface area contributed by atoms with Crippen molar-refractivity contribution in [2.24, 2.45) is 10.4 Å². The lowest BCUT2D eigenvalue weighted by Gasteiger charge is -2.46. The quantitative estimate of drug-likeness (QED) is 0.493. The van der Waals surface area contributed by atoms with Crippen LogP contribution in [0.5, 0.6) is 0 Å². The van der Waals surface area contributed by atoms with E-state index in [-0.39, 0.29) is 43.5 Å². The van der Waals surface area contributed by atoms with Crippen LogP contribution in [0.15, 0.2) is 46.0 Å². The van der Waals surface area contributed by atoms with Gasteiger partial charge in [-0.15, -0.1) is 11.3 Å². The van der Waals surface area contributed by atoms with Gasteiger partial charge in [0.1, 0.15) is 17.5 Å². The maximum Gasteiger partial charge on any atom is 0.338 e. The van der Waals surface area contributed by atoms with Gasteiger partial charge in [-0.2, -0.15) is 0 Å². The van der Waals surface area contributed by atoms with E-state index in [1.165, 1.54) is 17.4 Å². The van der Waals surface area contributed by atoms with Gasteiger partial charge in [0.05, 0.1) is 17.6 Å². The minimum absolute atomic E-state index is 0.142. The fourth-order valence-corrected chi connectivity index (χ4v) is 5.95. The van der Waals surface area contributed by atoms with Gasteiger partial charge in [0.25, 0.3) is 0 Å². The summed E-state index contributed by atoms with van der Waals surface area (Å²) in [5.74, 6) is -0.594. The van der Waals surface area contributed by atoms with Crippen molar-refractivity contribution in [1.82, 2.24) is 20.5 Å². The molecule has 9 nitrogen and oxygen atoms in total. The zero-order valence-corrected chi connectivity index (χ0v) is 21.8. The van der Waals surface area contributed by atoms with Crippen molar-refractivity contribution >= 4 is 29.0 Å². The first kappa shape index (κ1) is 25.5. The molecule has 5 rings (SSSR count). The predicted molar refractivity (Wildman–Crippen MR) is 136 cm³/mol. The first-order valence-electron chi connectivity index (χ1n) is 12.3. The fraction of sp³-hybridized carbons (Fsp3) is 0.462. The molecule has 11 heteroatoms. The normalized spacial score (nSPS) is 27.9. The van der Waals surface area contributed by atoms with Gasteiger partial charge >= 0.3 is 5.97 Å². The van der Waals surface area contributed by atoms with Crippen molar-refractivity contribution in [3.63, 3.8) is 0 Å². The highest BCUT2D eigenvalue weighted by Crippen LogP contribution is 2.43. The monoisotopic (exact) mass is 527 g/mol. The smallest absolute Gasteiger partial charge is 0.338 e. The van der Waals surface area contributed by atoms with E-state index in [1.54, 1.807) is 39.1 Å². The van der Waals surface area contributed by atoms with E-state index in [0.29, 0.717) is 40.6 Å². The number of carbonyl (C=O) groups is 2. The molecular formula is C26H30FN5O4S. The number of hydrogen-bond donors (Lipinski definition) is 3. The number of amidine groups is 1. The fourth-order valence-electron chi connectivity index (χ4n) is 5.36. The van der Waals surface area contributed by atoms with Crippen molar-refractivity contribution in [2.75, 3.05) is 32.8 Å². The molecule has 2 fully saturated rings. The summed E-state index contributed by atoms with van der Waals surface area (Å²) in [4.78, 5) is 37.0. The SMILES string of the molecule is CCOC(=O)C1=C(CN2CC[C@@]3(C)C(=O)NC[C@@]3(O)C2)NC(c2nccs2)=N[C@H]1c1cccc(F)c1C. The number of amides is 1. The molecule has 1 aromatic heterocycles. The molecule has 0 spiro atoms. The Hall–Kier alpha value is -3.15. The lowest BCUT2D eigenvalue weighted by Crippen LogP contribution is -2.60. The van der Waals surface area contributed by atoms with Crippen molar-refractivity contribution in [2.45, 2.75) is 38.8 Å². The molecule has 0 saturated carbocycles. The van der Waals surface area contributed by atoms with Crippen LogP contribution in [0.25, 0.3) is 0 Å². The van der Waals surface area contributed by atoms with Crippen molar-refractivity contribution < 1.29 is 23.8 Å². The number of carbonyl (C=O) groups excluding carboxylic acids is 2. The minimum atomic E-state index is -1.23. The summed E-state index contributed by atoms with van der Waals surface area (Å²) < 4.78 is 20.0. The third-order valence-electron chi connectivity index (χ3n) is 7.73. The molecule has 3 N–H and O–H groups in total. The van der Waals surface area contributed by atoms with E-state index >= 15 is 0 Å². The lowest BCUT2D eigenvalue weighted by atomic mass is 9.70. The molecule has 0 bridgehead atoms. The molecule has 37 heavy (non-hydrogen) atoms. The first-order valence-corrected chi connectivity index (χ1v) is 13.2. The number of aromatic nitrogens is 1. The van der Waals surface area contributed by atoms with Gasteiger partial charge in [0, 0.05) is 36.9 Å². The van der Waals surface area contributed by atoms with Gasteiger partial charge in [-0.1, -0.05) is 12.1 Å². The lowest BCUT2D eigenvalue weighted by molar-refractivity contribution is -0.144. The van der Waals surface area contributed by atoms with Crippen LogP contribution in [0, 0.1) is 18.2 Å². The number of hydrogen-bond acceptors (Lipinski definition) is 9. The number of rotatable bonds is 6. The van der Waals surface area contributed by atoms with E-state index in [4.69, 9.17) is 9.73 Å². The minimum Gasteiger partial charge on any atom is -0.463 e. The largest absolute Gasteiger partial charge is 0.463 e. The number of fused-ring (bicyclic) bond motifs is 1. The number of aliphatic hydroxyl groups is 1. The number of halogens is 1. The second kappa shape index (κ2) is 9.62. The highest BCUT2D eigenvalue weighted by Gasteiger charge is 2.59. The third-order valence-corrected chi connectivity index (χ3v) is 8.50. The molecule has 3 atom stereocenters. The summed E-state index contributed by atoms with van der Waals surface area (Å²) in [6.07, 6.45) is 2.14. The summed E-state index contributed by atoms with van der Waals surface area (Å²) in [5, 5.41) is 19.9. The molecule has 1 aromatic carbocycles. The van der Waals surface area contributed by atoms with Gasteiger partial charge < -0.3 is 20.5 Å².